The van der Waals surface area contributed by atoms with Gasteiger partial charge in [0, 0.05) is 29.4 Å². The number of aryl methyl sites for hydroxylation is 1. The molecule has 0 aliphatic carbocycles. The minimum Gasteiger partial charge on any atom is -0.373 e. The molecule has 106 valence electrons. The molecule has 0 atom stereocenters. The van der Waals surface area contributed by atoms with Crippen molar-refractivity contribution in [1.29, 1.82) is 0 Å². The van der Waals surface area contributed by atoms with Crippen molar-refractivity contribution in [3.63, 3.8) is 0 Å². The van der Waals surface area contributed by atoms with Crippen LogP contribution < -0.4 is 10.6 Å². The molecule has 6 heteroatoms. The first-order chi connectivity index (χ1) is 9.72. The van der Waals surface area contributed by atoms with Crippen LogP contribution in [0.4, 0.5) is 5.82 Å². The summed E-state index contributed by atoms with van der Waals surface area (Å²) in [6.45, 7) is 2.60. The molecule has 0 fully saturated rings. The lowest BCUT2D eigenvalue weighted by atomic mass is 10.1. The maximum Gasteiger partial charge on any atom is 0.251 e. The monoisotopic (exact) mass is 290 g/mol. The highest BCUT2D eigenvalue weighted by Crippen LogP contribution is 2.12. The molecule has 0 aromatic carbocycles. The molecule has 0 aliphatic heterocycles. The summed E-state index contributed by atoms with van der Waals surface area (Å²) in [6, 6.07) is 3.62. The van der Waals surface area contributed by atoms with Gasteiger partial charge in [-0.05, 0) is 18.6 Å². The average molecular weight is 290 g/mol. The summed E-state index contributed by atoms with van der Waals surface area (Å²) in [5.74, 6) is 0.633. The Morgan fingerprint density at radius 3 is 2.90 bits per heavy atom. The van der Waals surface area contributed by atoms with Crippen LogP contribution in [0.5, 0.6) is 0 Å². The van der Waals surface area contributed by atoms with Gasteiger partial charge in [-0.1, -0.05) is 13.3 Å². The lowest BCUT2D eigenvalue weighted by Crippen LogP contribution is -2.22. The lowest BCUT2D eigenvalue weighted by Gasteiger charge is -2.08. The molecule has 0 bridgehead atoms. The average Bonchev–Trinajstić information content (AvgIpc) is 2.98. The molecule has 2 rings (SSSR count). The van der Waals surface area contributed by atoms with Crippen LogP contribution in [0.3, 0.4) is 0 Å². The first-order valence-electron chi connectivity index (χ1n) is 6.57. The molecule has 2 heterocycles. The van der Waals surface area contributed by atoms with Gasteiger partial charge in [-0.25, -0.2) is 4.98 Å². The summed E-state index contributed by atoms with van der Waals surface area (Å²) in [4.78, 5) is 21.6. The number of nitrogens with one attached hydrogen (secondary N) is 2. The summed E-state index contributed by atoms with van der Waals surface area (Å²) in [6.07, 6.45) is 3.63. The third-order valence-corrected chi connectivity index (χ3v) is 3.59. The Balaban J connectivity index is 2.09. The Labute approximate surface area is 122 Å². The number of thiazole rings is 1. The minimum absolute atomic E-state index is 0.0883. The Hall–Kier alpha value is -1.95. The topological polar surface area (TPSA) is 66.9 Å². The summed E-state index contributed by atoms with van der Waals surface area (Å²) in [5.41, 5.74) is 3.33. The van der Waals surface area contributed by atoms with Crippen molar-refractivity contribution in [3.8, 4) is 0 Å². The molecule has 20 heavy (non-hydrogen) atoms. The fourth-order valence-electron chi connectivity index (χ4n) is 1.83. The van der Waals surface area contributed by atoms with Crippen molar-refractivity contribution >= 4 is 23.1 Å². The quantitative estimate of drug-likeness (QED) is 0.857. The van der Waals surface area contributed by atoms with Crippen molar-refractivity contribution in [3.05, 3.63) is 40.0 Å². The Morgan fingerprint density at radius 1 is 1.40 bits per heavy atom. The van der Waals surface area contributed by atoms with Crippen LogP contribution >= 0.6 is 11.3 Å². The van der Waals surface area contributed by atoms with E-state index in [2.05, 4.69) is 27.5 Å². The van der Waals surface area contributed by atoms with Gasteiger partial charge in [0.25, 0.3) is 5.91 Å². The predicted octanol–water partition coefficient (Wildman–Crippen LogP) is 2.46. The van der Waals surface area contributed by atoms with Gasteiger partial charge in [0.2, 0.25) is 0 Å². The standard InChI is InChI=1S/C14H18N4OS/c1-3-4-11-5-10(6-13(15-2)18-11)14(19)17-8-12-7-16-9-20-12/h5-7,9H,3-4,8H2,1-2H3,(H,15,18)(H,17,19). The van der Waals surface area contributed by atoms with Gasteiger partial charge < -0.3 is 10.6 Å². The van der Waals surface area contributed by atoms with Crippen LogP contribution in [-0.2, 0) is 13.0 Å². The fourth-order valence-corrected chi connectivity index (χ4v) is 2.36. The number of carbonyl (C=O) groups excluding carboxylic acids is 1. The van der Waals surface area contributed by atoms with Gasteiger partial charge >= 0.3 is 0 Å². The van der Waals surface area contributed by atoms with E-state index in [-0.39, 0.29) is 5.91 Å². The van der Waals surface area contributed by atoms with Crippen LogP contribution in [0, 0.1) is 0 Å². The van der Waals surface area contributed by atoms with Crippen molar-refractivity contribution in [1.82, 2.24) is 15.3 Å². The zero-order chi connectivity index (χ0) is 14.4. The van der Waals surface area contributed by atoms with Crippen LogP contribution in [0.2, 0.25) is 0 Å². The predicted molar refractivity (Wildman–Crippen MR) is 81.1 cm³/mol. The smallest absolute Gasteiger partial charge is 0.251 e. The van der Waals surface area contributed by atoms with Crippen molar-refractivity contribution < 1.29 is 4.79 Å². The van der Waals surface area contributed by atoms with E-state index in [9.17, 15) is 4.79 Å². The number of amides is 1. The first kappa shape index (κ1) is 14.5. The van der Waals surface area contributed by atoms with Gasteiger partial charge in [-0.2, -0.15) is 0 Å². The van der Waals surface area contributed by atoms with Crippen molar-refractivity contribution in [2.24, 2.45) is 0 Å². The van der Waals surface area contributed by atoms with Crippen molar-refractivity contribution in [2.45, 2.75) is 26.3 Å². The van der Waals surface area contributed by atoms with E-state index in [0.717, 1.165) is 29.2 Å². The van der Waals surface area contributed by atoms with Gasteiger partial charge in [-0.3, -0.25) is 9.78 Å². The molecule has 0 unspecified atom stereocenters. The summed E-state index contributed by atoms with van der Waals surface area (Å²) in [7, 11) is 1.80. The van der Waals surface area contributed by atoms with Crippen LogP contribution in [-0.4, -0.2) is 22.9 Å². The van der Waals surface area contributed by atoms with Crippen LogP contribution in [0.1, 0.15) is 34.3 Å². The number of carbonyl (C=O) groups is 1. The summed E-state index contributed by atoms with van der Waals surface area (Å²) in [5, 5.41) is 5.89. The highest BCUT2D eigenvalue weighted by Gasteiger charge is 2.09. The first-order valence-corrected chi connectivity index (χ1v) is 7.45. The molecule has 0 aliphatic rings. The molecule has 1 amide bonds. The van der Waals surface area contributed by atoms with E-state index in [4.69, 9.17) is 0 Å². The second kappa shape index (κ2) is 7.00. The number of anilines is 1. The molecule has 5 nitrogen and oxygen atoms in total. The second-order valence-corrected chi connectivity index (χ2v) is 5.35. The molecular formula is C14H18N4OS. The maximum absolute atomic E-state index is 12.2. The third-order valence-electron chi connectivity index (χ3n) is 2.81. The highest BCUT2D eigenvalue weighted by molar-refractivity contribution is 7.09. The number of hydrogen-bond acceptors (Lipinski definition) is 5. The lowest BCUT2D eigenvalue weighted by molar-refractivity contribution is 0.0951. The van der Waals surface area contributed by atoms with Gasteiger partial charge in [0.05, 0.1) is 12.1 Å². The molecule has 0 saturated heterocycles. The van der Waals surface area contributed by atoms with Crippen LogP contribution in [0.25, 0.3) is 0 Å². The van der Waals surface area contributed by atoms with E-state index in [1.165, 1.54) is 11.3 Å². The van der Waals surface area contributed by atoms with Gasteiger partial charge in [-0.15, -0.1) is 11.3 Å². The Morgan fingerprint density at radius 2 is 2.25 bits per heavy atom. The highest BCUT2D eigenvalue weighted by atomic mass is 32.1. The minimum atomic E-state index is -0.0883. The van der Waals surface area contributed by atoms with E-state index in [1.54, 1.807) is 24.8 Å². The SMILES string of the molecule is CCCc1cc(C(=O)NCc2cncs2)cc(NC)n1. The number of rotatable bonds is 6. The molecular weight excluding hydrogens is 272 g/mol. The molecule has 2 aromatic rings. The number of pyridine rings is 1. The Kier molecular flexibility index (Phi) is 5.06. The summed E-state index contributed by atoms with van der Waals surface area (Å²) >= 11 is 1.53. The third kappa shape index (κ3) is 3.77. The number of hydrogen-bond donors (Lipinski definition) is 2. The molecule has 0 saturated carbocycles. The fraction of sp³-hybridized carbons (Fsp3) is 0.357. The maximum atomic E-state index is 12.2. The summed E-state index contributed by atoms with van der Waals surface area (Å²) < 4.78 is 0. The number of nitrogens with zero attached hydrogens (tertiary/aromatic N) is 2. The van der Waals surface area contributed by atoms with Gasteiger partial charge in [0.1, 0.15) is 5.82 Å². The van der Waals surface area contributed by atoms with E-state index in [1.807, 2.05) is 6.07 Å². The zero-order valence-corrected chi connectivity index (χ0v) is 12.5. The van der Waals surface area contributed by atoms with Gasteiger partial charge in [0.15, 0.2) is 0 Å². The van der Waals surface area contributed by atoms with Crippen LogP contribution in [0.15, 0.2) is 23.8 Å². The number of aromatic nitrogens is 2. The van der Waals surface area contributed by atoms with E-state index in [0.29, 0.717) is 12.1 Å². The normalized spacial score (nSPS) is 10.3. The zero-order valence-electron chi connectivity index (χ0n) is 11.6. The molecule has 2 aromatic heterocycles. The molecule has 0 radical (unpaired) electrons. The van der Waals surface area contributed by atoms with E-state index < -0.39 is 0 Å². The Bertz CT molecular complexity index is 569. The molecule has 2 N–H and O–H groups in total. The van der Waals surface area contributed by atoms with Crippen molar-refractivity contribution in [2.75, 3.05) is 12.4 Å². The van der Waals surface area contributed by atoms with E-state index >= 15 is 0 Å². The largest absolute Gasteiger partial charge is 0.373 e. The molecule has 0 spiro atoms. The second-order valence-electron chi connectivity index (χ2n) is 4.38.